The van der Waals surface area contributed by atoms with Crippen molar-refractivity contribution in [2.75, 3.05) is 0 Å². The molecule has 1 aromatic carbocycles. The minimum atomic E-state index is -0.119. The molecule has 0 aliphatic heterocycles. The summed E-state index contributed by atoms with van der Waals surface area (Å²) in [5.74, 6) is -0.119. The molecule has 0 bridgehead atoms. The second-order valence-electron chi connectivity index (χ2n) is 4.49. The van der Waals surface area contributed by atoms with E-state index in [-0.39, 0.29) is 12.5 Å². The molecule has 0 atom stereocenters. The number of carbonyl (C=O) groups is 1. The minimum Gasteiger partial charge on any atom is -0.349 e. The molecule has 1 amide bonds. The fraction of sp³-hybridized carbons (Fsp3) is 0.231. The second kappa shape index (κ2) is 5.12. The third-order valence-electron chi connectivity index (χ3n) is 2.95. The zero-order chi connectivity index (χ0) is 13.9. The first-order chi connectivity index (χ1) is 9.72. The van der Waals surface area contributed by atoms with Crippen LogP contribution in [0.5, 0.6) is 0 Å². The number of hydrogen-bond acceptors (Lipinski definition) is 4. The Morgan fingerprint density at radius 2 is 2.15 bits per heavy atom. The van der Waals surface area contributed by atoms with E-state index in [9.17, 15) is 4.79 Å². The van der Waals surface area contributed by atoms with Gasteiger partial charge in [-0.25, -0.2) is 4.68 Å². The molecular weight excluding hydrogens is 256 g/mol. The molecule has 0 radical (unpaired) electrons. The van der Waals surface area contributed by atoms with E-state index in [1.54, 1.807) is 9.36 Å². The number of amides is 1. The first-order valence-electron chi connectivity index (χ1n) is 6.26. The van der Waals surface area contributed by atoms with Gasteiger partial charge in [-0.15, -0.1) is 5.10 Å². The predicted molar refractivity (Wildman–Crippen MR) is 72.6 cm³/mol. The Balaban J connectivity index is 1.64. The molecule has 0 saturated heterocycles. The topological polar surface area (TPSA) is 77.6 Å². The van der Waals surface area contributed by atoms with Gasteiger partial charge in [-0.2, -0.15) is 5.10 Å². The van der Waals surface area contributed by atoms with Crippen LogP contribution in [0.3, 0.4) is 0 Å². The lowest BCUT2D eigenvalue weighted by atomic mass is 10.3. The van der Waals surface area contributed by atoms with Crippen molar-refractivity contribution in [3.8, 4) is 0 Å². The van der Waals surface area contributed by atoms with Crippen LogP contribution < -0.4 is 5.32 Å². The molecule has 7 nitrogen and oxygen atoms in total. The van der Waals surface area contributed by atoms with Crippen LogP contribution in [0, 0.1) is 0 Å². The van der Waals surface area contributed by atoms with Crippen molar-refractivity contribution in [1.82, 2.24) is 30.1 Å². The normalized spacial score (nSPS) is 10.8. The van der Waals surface area contributed by atoms with E-state index in [1.807, 2.05) is 43.6 Å². The fourth-order valence-electron chi connectivity index (χ4n) is 1.97. The van der Waals surface area contributed by atoms with E-state index >= 15 is 0 Å². The molecule has 0 aliphatic carbocycles. The highest BCUT2D eigenvalue weighted by Crippen LogP contribution is 2.09. The van der Waals surface area contributed by atoms with Crippen LogP contribution in [0.2, 0.25) is 0 Å². The standard InChI is InChI=1S/C13H14N6O/c1-18-7-6-10(16-18)8-14-13(20)9-19-12-5-3-2-4-11(12)15-17-19/h2-7H,8-9H2,1H3,(H,14,20). The maximum absolute atomic E-state index is 11.9. The van der Waals surface area contributed by atoms with Crippen LogP contribution >= 0.6 is 0 Å². The van der Waals surface area contributed by atoms with Crippen molar-refractivity contribution in [3.05, 3.63) is 42.2 Å². The first-order valence-corrected chi connectivity index (χ1v) is 6.26. The molecule has 3 aromatic rings. The molecule has 2 heterocycles. The number of hydrogen-bond donors (Lipinski definition) is 1. The highest BCUT2D eigenvalue weighted by Gasteiger charge is 2.08. The number of aromatic nitrogens is 5. The Hall–Kier alpha value is -2.70. The molecular formula is C13H14N6O. The average Bonchev–Trinajstić information content (AvgIpc) is 3.04. The number of aryl methyl sites for hydroxylation is 1. The van der Waals surface area contributed by atoms with Crippen molar-refractivity contribution >= 4 is 16.9 Å². The van der Waals surface area contributed by atoms with Gasteiger partial charge in [0, 0.05) is 13.2 Å². The van der Waals surface area contributed by atoms with Gasteiger partial charge in [-0.05, 0) is 18.2 Å². The van der Waals surface area contributed by atoms with Crippen molar-refractivity contribution in [2.24, 2.45) is 7.05 Å². The third kappa shape index (κ3) is 2.51. The number of para-hydroxylation sites is 1. The number of rotatable bonds is 4. The van der Waals surface area contributed by atoms with Gasteiger partial charge in [-0.1, -0.05) is 17.3 Å². The lowest BCUT2D eigenvalue weighted by Crippen LogP contribution is -2.27. The highest BCUT2D eigenvalue weighted by molar-refractivity contribution is 5.79. The summed E-state index contributed by atoms with van der Waals surface area (Å²) in [5.41, 5.74) is 2.45. The van der Waals surface area contributed by atoms with E-state index < -0.39 is 0 Å². The Labute approximate surface area is 115 Å². The number of carbonyl (C=O) groups excluding carboxylic acids is 1. The Morgan fingerprint density at radius 3 is 2.95 bits per heavy atom. The van der Waals surface area contributed by atoms with Gasteiger partial charge in [0.15, 0.2) is 0 Å². The van der Waals surface area contributed by atoms with E-state index in [1.165, 1.54) is 0 Å². The fourth-order valence-corrected chi connectivity index (χ4v) is 1.97. The number of fused-ring (bicyclic) bond motifs is 1. The molecule has 0 aliphatic rings. The van der Waals surface area contributed by atoms with Gasteiger partial charge in [-0.3, -0.25) is 9.48 Å². The summed E-state index contributed by atoms with van der Waals surface area (Å²) in [6.07, 6.45) is 1.84. The van der Waals surface area contributed by atoms with Crippen LogP contribution in [0.15, 0.2) is 36.5 Å². The zero-order valence-electron chi connectivity index (χ0n) is 11.0. The summed E-state index contributed by atoms with van der Waals surface area (Å²) >= 11 is 0. The molecule has 0 spiro atoms. The lowest BCUT2D eigenvalue weighted by Gasteiger charge is -2.03. The van der Waals surface area contributed by atoms with Gasteiger partial charge in [0.2, 0.25) is 5.91 Å². The quantitative estimate of drug-likeness (QED) is 0.748. The average molecular weight is 270 g/mol. The Morgan fingerprint density at radius 1 is 1.30 bits per heavy atom. The number of nitrogens with zero attached hydrogens (tertiary/aromatic N) is 5. The summed E-state index contributed by atoms with van der Waals surface area (Å²) in [6.45, 7) is 0.555. The van der Waals surface area contributed by atoms with Crippen molar-refractivity contribution in [2.45, 2.75) is 13.1 Å². The second-order valence-corrected chi connectivity index (χ2v) is 4.49. The zero-order valence-corrected chi connectivity index (χ0v) is 11.0. The molecule has 0 fully saturated rings. The van der Waals surface area contributed by atoms with Gasteiger partial charge >= 0.3 is 0 Å². The van der Waals surface area contributed by atoms with Crippen LogP contribution in [-0.2, 0) is 24.9 Å². The molecule has 1 N–H and O–H groups in total. The molecule has 3 rings (SSSR count). The predicted octanol–water partition coefficient (Wildman–Crippen LogP) is 0.481. The largest absolute Gasteiger partial charge is 0.349 e. The first kappa shape index (κ1) is 12.3. The van der Waals surface area contributed by atoms with Gasteiger partial charge in [0.1, 0.15) is 12.1 Å². The molecule has 2 aromatic heterocycles. The minimum absolute atomic E-state index is 0.119. The summed E-state index contributed by atoms with van der Waals surface area (Å²) < 4.78 is 3.29. The summed E-state index contributed by atoms with van der Waals surface area (Å²) in [5, 5.41) is 15.0. The summed E-state index contributed by atoms with van der Waals surface area (Å²) in [6, 6.07) is 9.41. The number of nitrogens with one attached hydrogen (secondary N) is 1. The summed E-state index contributed by atoms with van der Waals surface area (Å²) in [7, 11) is 1.84. The maximum Gasteiger partial charge on any atom is 0.242 e. The van der Waals surface area contributed by atoms with E-state index in [0.717, 1.165) is 16.7 Å². The van der Waals surface area contributed by atoms with Crippen molar-refractivity contribution in [1.29, 1.82) is 0 Å². The smallest absolute Gasteiger partial charge is 0.242 e. The molecule has 20 heavy (non-hydrogen) atoms. The van der Waals surface area contributed by atoms with Gasteiger partial charge in [0.05, 0.1) is 17.8 Å². The number of benzene rings is 1. The summed E-state index contributed by atoms with van der Waals surface area (Å²) in [4.78, 5) is 11.9. The van der Waals surface area contributed by atoms with E-state index in [4.69, 9.17) is 0 Å². The van der Waals surface area contributed by atoms with Crippen LogP contribution in [0.4, 0.5) is 0 Å². The van der Waals surface area contributed by atoms with Crippen LogP contribution in [0.1, 0.15) is 5.69 Å². The van der Waals surface area contributed by atoms with Crippen LogP contribution in [-0.4, -0.2) is 30.7 Å². The third-order valence-corrected chi connectivity index (χ3v) is 2.95. The lowest BCUT2D eigenvalue weighted by molar-refractivity contribution is -0.122. The van der Waals surface area contributed by atoms with Crippen molar-refractivity contribution in [3.63, 3.8) is 0 Å². The molecule has 0 saturated carbocycles. The van der Waals surface area contributed by atoms with Gasteiger partial charge in [0.25, 0.3) is 0 Å². The maximum atomic E-state index is 11.9. The molecule has 0 unspecified atom stereocenters. The van der Waals surface area contributed by atoms with Gasteiger partial charge < -0.3 is 5.32 Å². The molecule has 102 valence electrons. The molecule has 7 heteroatoms. The SMILES string of the molecule is Cn1ccc(CNC(=O)Cn2nnc3ccccc32)n1. The van der Waals surface area contributed by atoms with E-state index in [0.29, 0.717) is 6.54 Å². The Kier molecular flexibility index (Phi) is 3.16. The highest BCUT2D eigenvalue weighted by atomic mass is 16.2. The van der Waals surface area contributed by atoms with Crippen molar-refractivity contribution < 1.29 is 4.79 Å². The van der Waals surface area contributed by atoms with Crippen LogP contribution in [0.25, 0.3) is 11.0 Å². The monoisotopic (exact) mass is 270 g/mol. The Bertz CT molecular complexity index is 744. The van der Waals surface area contributed by atoms with E-state index in [2.05, 4.69) is 20.7 Å².